The van der Waals surface area contributed by atoms with Crippen molar-refractivity contribution in [3.63, 3.8) is 0 Å². The Bertz CT molecular complexity index is 609. The van der Waals surface area contributed by atoms with Crippen LogP contribution in [0.25, 0.3) is 6.08 Å². The second-order valence-electron chi connectivity index (χ2n) is 4.48. The van der Waals surface area contributed by atoms with Crippen molar-refractivity contribution in [2.24, 2.45) is 0 Å². The first-order valence-corrected chi connectivity index (χ1v) is 6.74. The Hall–Kier alpha value is -2.59. The quantitative estimate of drug-likeness (QED) is 0.763. The van der Waals surface area contributed by atoms with Crippen LogP contribution in [-0.2, 0) is 4.79 Å². The summed E-state index contributed by atoms with van der Waals surface area (Å²) in [4.78, 5) is 11.1. The predicted octanol–water partition coefficient (Wildman–Crippen LogP) is 2.74. The molecule has 108 valence electrons. The van der Waals surface area contributed by atoms with Gasteiger partial charge in [0.05, 0.1) is 0 Å². The highest BCUT2D eigenvalue weighted by Crippen LogP contribution is 2.14. The standard InChI is InChI=1S/C17H18N2O2/c20-13-17(21)19-16-10-4-9-15(12-16)18-11-5-8-14-6-2-1-3-7-14/h1-10,12,18,20H,11,13H2,(H,19,21)/b8-5+. The zero-order valence-corrected chi connectivity index (χ0v) is 11.6. The number of hydrogen-bond acceptors (Lipinski definition) is 3. The van der Waals surface area contributed by atoms with Gasteiger partial charge in [0.1, 0.15) is 6.61 Å². The molecule has 4 nitrogen and oxygen atoms in total. The topological polar surface area (TPSA) is 61.4 Å². The Labute approximate surface area is 124 Å². The highest BCUT2D eigenvalue weighted by molar-refractivity contribution is 5.91. The molecule has 1 amide bonds. The first-order chi connectivity index (χ1) is 10.3. The lowest BCUT2D eigenvalue weighted by atomic mass is 10.2. The molecule has 0 spiro atoms. The second kappa shape index (κ2) is 7.87. The summed E-state index contributed by atoms with van der Waals surface area (Å²) in [5.74, 6) is -0.420. The largest absolute Gasteiger partial charge is 0.387 e. The molecule has 21 heavy (non-hydrogen) atoms. The molecular weight excluding hydrogens is 264 g/mol. The van der Waals surface area contributed by atoms with Gasteiger partial charge in [-0.05, 0) is 23.8 Å². The van der Waals surface area contributed by atoms with Gasteiger partial charge >= 0.3 is 0 Å². The van der Waals surface area contributed by atoms with Crippen LogP contribution in [0.4, 0.5) is 11.4 Å². The average Bonchev–Trinajstić information content (AvgIpc) is 2.53. The van der Waals surface area contributed by atoms with Gasteiger partial charge in [0, 0.05) is 17.9 Å². The SMILES string of the molecule is O=C(CO)Nc1cccc(NC/C=C/c2ccccc2)c1. The van der Waals surface area contributed by atoms with E-state index in [1.807, 2.05) is 60.7 Å². The highest BCUT2D eigenvalue weighted by Gasteiger charge is 2.00. The van der Waals surface area contributed by atoms with Crippen LogP contribution in [0, 0.1) is 0 Å². The van der Waals surface area contributed by atoms with Crippen molar-refractivity contribution in [2.45, 2.75) is 0 Å². The lowest BCUT2D eigenvalue weighted by Crippen LogP contribution is -2.15. The van der Waals surface area contributed by atoms with Gasteiger partial charge in [-0.2, -0.15) is 0 Å². The molecule has 2 aromatic rings. The van der Waals surface area contributed by atoms with Gasteiger partial charge in [-0.25, -0.2) is 0 Å². The maximum absolute atomic E-state index is 11.1. The number of nitrogens with one attached hydrogen (secondary N) is 2. The lowest BCUT2D eigenvalue weighted by molar-refractivity contribution is -0.118. The van der Waals surface area contributed by atoms with E-state index in [0.29, 0.717) is 12.2 Å². The number of anilines is 2. The minimum absolute atomic E-state index is 0.420. The fourth-order valence-corrected chi connectivity index (χ4v) is 1.84. The monoisotopic (exact) mass is 282 g/mol. The van der Waals surface area contributed by atoms with Gasteiger partial charge in [0.25, 0.3) is 0 Å². The van der Waals surface area contributed by atoms with Gasteiger partial charge in [-0.3, -0.25) is 4.79 Å². The molecule has 0 aromatic heterocycles. The molecule has 0 heterocycles. The fraction of sp³-hybridized carbons (Fsp3) is 0.118. The van der Waals surface area contributed by atoms with Crippen LogP contribution in [0.1, 0.15) is 5.56 Å². The van der Waals surface area contributed by atoms with Gasteiger partial charge in [0.15, 0.2) is 0 Å². The molecule has 0 unspecified atom stereocenters. The van der Waals surface area contributed by atoms with E-state index in [-0.39, 0.29) is 0 Å². The van der Waals surface area contributed by atoms with Crippen LogP contribution >= 0.6 is 0 Å². The van der Waals surface area contributed by atoms with Crippen LogP contribution in [0.5, 0.6) is 0 Å². The summed E-state index contributed by atoms with van der Waals surface area (Å²) >= 11 is 0. The minimum Gasteiger partial charge on any atom is -0.387 e. The number of rotatable bonds is 6. The van der Waals surface area contributed by atoms with Crippen molar-refractivity contribution in [3.8, 4) is 0 Å². The summed E-state index contributed by atoms with van der Waals surface area (Å²) < 4.78 is 0. The fourth-order valence-electron chi connectivity index (χ4n) is 1.84. The van der Waals surface area contributed by atoms with Crippen LogP contribution < -0.4 is 10.6 Å². The molecule has 3 N–H and O–H groups in total. The zero-order valence-electron chi connectivity index (χ0n) is 11.6. The van der Waals surface area contributed by atoms with E-state index in [1.165, 1.54) is 0 Å². The molecule has 0 aliphatic carbocycles. The van der Waals surface area contributed by atoms with E-state index in [2.05, 4.69) is 10.6 Å². The predicted molar refractivity (Wildman–Crippen MR) is 86.1 cm³/mol. The zero-order chi connectivity index (χ0) is 14.9. The third-order valence-corrected chi connectivity index (χ3v) is 2.82. The number of aliphatic hydroxyl groups is 1. The van der Waals surface area contributed by atoms with Gasteiger partial charge < -0.3 is 15.7 Å². The van der Waals surface area contributed by atoms with Gasteiger partial charge in [-0.1, -0.05) is 48.6 Å². The smallest absolute Gasteiger partial charge is 0.250 e. The Morgan fingerprint density at radius 1 is 1.05 bits per heavy atom. The van der Waals surface area contributed by atoms with Crippen LogP contribution in [0.3, 0.4) is 0 Å². The molecule has 0 saturated heterocycles. The minimum atomic E-state index is -0.516. The number of benzene rings is 2. The molecule has 2 rings (SSSR count). The van der Waals surface area contributed by atoms with Gasteiger partial charge in [-0.15, -0.1) is 0 Å². The Morgan fingerprint density at radius 2 is 1.81 bits per heavy atom. The molecule has 0 fully saturated rings. The average molecular weight is 282 g/mol. The van der Waals surface area contributed by atoms with E-state index in [0.717, 1.165) is 11.3 Å². The Morgan fingerprint density at radius 3 is 2.57 bits per heavy atom. The first-order valence-electron chi connectivity index (χ1n) is 6.74. The highest BCUT2D eigenvalue weighted by atomic mass is 16.3. The molecule has 0 atom stereocenters. The molecule has 4 heteroatoms. The number of amides is 1. The number of carbonyl (C=O) groups excluding carboxylic acids is 1. The maximum atomic E-state index is 11.1. The van der Waals surface area contributed by atoms with E-state index in [4.69, 9.17) is 5.11 Å². The number of hydrogen-bond donors (Lipinski definition) is 3. The van der Waals surface area contributed by atoms with Crippen molar-refractivity contribution in [2.75, 3.05) is 23.8 Å². The molecular formula is C17H18N2O2. The van der Waals surface area contributed by atoms with Crippen LogP contribution in [0.15, 0.2) is 60.7 Å². The summed E-state index contributed by atoms with van der Waals surface area (Å²) in [6.07, 6.45) is 4.08. The molecule has 2 aromatic carbocycles. The Balaban J connectivity index is 1.87. The van der Waals surface area contributed by atoms with Crippen LogP contribution in [-0.4, -0.2) is 24.2 Å². The van der Waals surface area contributed by atoms with Crippen molar-refractivity contribution < 1.29 is 9.90 Å². The van der Waals surface area contributed by atoms with E-state index >= 15 is 0 Å². The van der Waals surface area contributed by atoms with Crippen molar-refractivity contribution in [1.82, 2.24) is 0 Å². The number of carbonyl (C=O) groups is 1. The summed E-state index contributed by atoms with van der Waals surface area (Å²) in [5.41, 5.74) is 2.72. The lowest BCUT2D eigenvalue weighted by Gasteiger charge is -2.07. The summed E-state index contributed by atoms with van der Waals surface area (Å²) in [6.45, 7) is 0.170. The number of aliphatic hydroxyl groups excluding tert-OH is 1. The normalized spacial score (nSPS) is 10.5. The third-order valence-electron chi connectivity index (χ3n) is 2.82. The van der Waals surface area contributed by atoms with E-state index in [1.54, 1.807) is 6.07 Å². The summed E-state index contributed by atoms with van der Waals surface area (Å²) in [5, 5.41) is 14.6. The maximum Gasteiger partial charge on any atom is 0.250 e. The second-order valence-corrected chi connectivity index (χ2v) is 4.48. The molecule has 0 aliphatic heterocycles. The third kappa shape index (κ3) is 5.12. The van der Waals surface area contributed by atoms with Crippen molar-refractivity contribution in [1.29, 1.82) is 0 Å². The van der Waals surface area contributed by atoms with Gasteiger partial charge in [0.2, 0.25) is 5.91 Å². The van der Waals surface area contributed by atoms with Crippen molar-refractivity contribution in [3.05, 3.63) is 66.2 Å². The Kier molecular flexibility index (Phi) is 5.55. The molecule has 0 aliphatic rings. The first kappa shape index (κ1) is 14.8. The summed E-state index contributed by atoms with van der Waals surface area (Å²) in [6, 6.07) is 17.4. The van der Waals surface area contributed by atoms with E-state index in [9.17, 15) is 4.79 Å². The summed E-state index contributed by atoms with van der Waals surface area (Å²) in [7, 11) is 0. The molecule has 0 radical (unpaired) electrons. The van der Waals surface area contributed by atoms with Crippen LogP contribution in [0.2, 0.25) is 0 Å². The molecule has 0 bridgehead atoms. The van der Waals surface area contributed by atoms with E-state index < -0.39 is 12.5 Å². The van der Waals surface area contributed by atoms with Crippen molar-refractivity contribution >= 4 is 23.4 Å². The molecule has 0 saturated carbocycles.